The van der Waals surface area contributed by atoms with Gasteiger partial charge in [0.15, 0.2) is 0 Å². The van der Waals surface area contributed by atoms with Gasteiger partial charge in [-0.3, -0.25) is 14.3 Å². The number of halogens is 1. The molecule has 0 radical (unpaired) electrons. The van der Waals surface area contributed by atoms with E-state index in [1.807, 2.05) is 6.07 Å². The molecule has 0 aliphatic carbocycles. The summed E-state index contributed by atoms with van der Waals surface area (Å²) >= 11 is 5.07. The maximum Gasteiger partial charge on any atom is 0.331 e. The van der Waals surface area contributed by atoms with Gasteiger partial charge in [-0.25, -0.2) is 4.79 Å². The first-order chi connectivity index (χ1) is 10.1. The van der Waals surface area contributed by atoms with Gasteiger partial charge in [0.1, 0.15) is 5.56 Å². The van der Waals surface area contributed by atoms with Crippen molar-refractivity contribution in [3.63, 3.8) is 0 Å². The van der Waals surface area contributed by atoms with Crippen LogP contribution in [0.15, 0.2) is 38.3 Å². The number of aromatic hydroxyl groups is 1. The minimum absolute atomic E-state index is 0.0785. The molecule has 0 spiro atoms. The fourth-order valence-electron chi connectivity index (χ4n) is 2.51. The van der Waals surface area contributed by atoms with Gasteiger partial charge >= 0.3 is 5.69 Å². The molecule has 21 heavy (non-hydrogen) atoms. The van der Waals surface area contributed by atoms with Crippen LogP contribution in [0.1, 0.15) is 12.5 Å². The van der Waals surface area contributed by atoms with Crippen LogP contribution in [0.25, 0.3) is 11.1 Å². The summed E-state index contributed by atoms with van der Waals surface area (Å²) in [7, 11) is 0. The molecule has 3 rings (SSSR count). The van der Waals surface area contributed by atoms with Crippen LogP contribution in [-0.4, -0.2) is 26.2 Å². The van der Waals surface area contributed by atoms with Crippen LogP contribution in [0.3, 0.4) is 0 Å². The molecule has 0 bridgehead atoms. The zero-order valence-electron chi connectivity index (χ0n) is 11.0. The number of nitrogens with zero attached hydrogens (tertiary/aromatic N) is 1. The summed E-state index contributed by atoms with van der Waals surface area (Å²) in [6.07, 6.45) is 0.808. The lowest BCUT2D eigenvalue weighted by atomic mass is 10.1. The van der Waals surface area contributed by atoms with E-state index in [1.54, 1.807) is 30.0 Å². The molecule has 1 fully saturated rings. The number of aromatic amines is 1. The Morgan fingerprint density at radius 3 is 2.86 bits per heavy atom. The second kappa shape index (κ2) is 5.73. The van der Waals surface area contributed by atoms with E-state index in [1.165, 1.54) is 4.57 Å². The third-order valence-electron chi connectivity index (χ3n) is 3.50. The van der Waals surface area contributed by atoms with Crippen molar-refractivity contribution in [3.05, 3.63) is 49.6 Å². The van der Waals surface area contributed by atoms with Crippen molar-refractivity contribution in [3.8, 4) is 17.0 Å². The van der Waals surface area contributed by atoms with Crippen molar-refractivity contribution in [2.45, 2.75) is 12.5 Å². The number of hydrogen-bond donors (Lipinski definition) is 2. The predicted octanol–water partition coefficient (Wildman–Crippen LogP) is 2.35. The quantitative estimate of drug-likeness (QED) is 0.852. The van der Waals surface area contributed by atoms with Gasteiger partial charge in [-0.2, -0.15) is 11.8 Å². The van der Waals surface area contributed by atoms with E-state index in [4.69, 9.17) is 0 Å². The maximum absolute atomic E-state index is 12.1. The lowest BCUT2D eigenvalue weighted by Gasteiger charge is -2.16. The first-order valence-electron chi connectivity index (χ1n) is 6.49. The highest BCUT2D eigenvalue weighted by atomic mass is 79.9. The SMILES string of the molecule is O=c1[nH]c(=O)n(C2CCSC2)c(O)c1-c1cccc(Br)c1. The molecule has 1 aliphatic rings. The first kappa shape index (κ1) is 14.5. The largest absolute Gasteiger partial charge is 0.494 e. The van der Waals surface area contributed by atoms with Crippen molar-refractivity contribution in [2.75, 3.05) is 11.5 Å². The highest BCUT2D eigenvalue weighted by Crippen LogP contribution is 2.33. The molecular weight excluding hydrogens is 356 g/mol. The molecule has 7 heteroatoms. The summed E-state index contributed by atoms with van der Waals surface area (Å²) in [6, 6.07) is 7.00. The van der Waals surface area contributed by atoms with Gasteiger partial charge < -0.3 is 5.11 Å². The Morgan fingerprint density at radius 2 is 2.19 bits per heavy atom. The Hall–Kier alpha value is -1.47. The van der Waals surface area contributed by atoms with Gasteiger partial charge in [-0.1, -0.05) is 28.1 Å². The average Bonchev–Trinajstić information content (AvgIpc) is 2.92. The molecule has 110 valence electrons. The molecule has 2 aromatic rings. The van der Waals surface area contributed by atoms with E-state index in [2.05, 4.69) is 20.9 Å². The van der Waals surface area contributed by atoms with Crippen LogP contribution >= 0.6 is 27.7 Å². The first-order valence-corrected chi connectivity index (χ1v) is 8.44. The highest BCUT2D eigenvalue weighted by molar-refractivity contribution is 9.10. The molecule has 2 heterocycles. The van der Waals surface area contributed by atoms with E-state index in [0.29, 0.717) is 5.56 Å². The van der Waals surface area contributed by atoms with Crippen molar-refractivity contribution in [1.29, 1.82) is 0 Å². The molecule has 5 nitrogen and oxygen atoms in total. The predicted molar refractivity (Wildman–Crippen MR) is 87.1 cm³/mol. The van der Waals surface area contributed by atoms with Crippen molar-refractivity contribution in [2.24, 2.45) is 0 Å². The zero-order chi connectivity index (χ0) is 15.0. The molecule has 1 unspecified atom stereocenters. The van der Waals surface area contributed by atoms with Crippen molar-refractivity contribution in [1.82, 2.24) is 9.55 Å². The normalized spacial score (nSPS) is 18.0. The fraction of sp³-hybridized carbons (Fsp3) is 0.286. The Labute approximate surface area is 133 Å². The van der Waals surface area contributed by atoms with E-state index < -0.39 is 11.2 Å². The Kier molecular flexibility index (Phi) is 3.95. The summed E-state index contributed by atoms with van der Waals surface area (Å²) in [5, 5.41) is 10.5. The van der Waals surface area contributed by atoms with Gasteiger partial charge in [0.2, 0.25) is 5.88 Å². The van der Waals surface area contributed by atoms with Crippen LogP contribution < -0.4 is 11.2 Å². The Bertz CT molecular complexity index is 794. The molecule has 1 aromatic carbocycles. The molecular formula is C14H13BrN2O3S. The van der Waals surface area contributed by atoms with Crippen LogP contribution in [0, 0.1) is 0 Å². The Balaban J connectivity index is 2.23. The number of thioether (sulfide) groups is 1. The highest BCUT2D eigenvalue weighted by Gasteiger charge is 2.24. The van der Waals surface area contributed by atoms with Crippen LogP contribution in [0.2, 0.25) is 0 Å². The smallest absolute Gasteiger partial charge is 0.331 e. The van der Waals surface area contributed by atoms with E-state index >= 15 is 0 Å². The van der Waals surface area contributed by atoms with Gasteiger partial charge in [0.25, 0.3) is 5.56 Å². The number of hydrogen-bond acceptors (Lipinski definition) is 4. The number of benzene rings is 1. The van der Waals surface area contributed by atoms with Crippen LogP contribution in [0.4, 0.5) is 0 Å². The Morgan fingerprint density at radius 1 is 1.38 bits per heavy atom. The van der Waals surface area contributed by atoms with E-state index in [0.717, 1.165) is 22.4 Å². The summed E-state index contributed by atoms with van der Waals surface area (Å²) in [5.74, 6) is 1.45. The van der Waals surface area contributed by atoms with Crippen LogP contribution in [0.5, 0.6) is 5.88 Å². The number of aromatic nitrogens is 2. The fourth-order valence-corrected chi connectivity index (χ4v) is 4.10. The summed E-state index contributed by atoms with van der Waals surface area (Å²) in [6.45, 7) is 0. The molecule has 1 aliphatic heterocycles. The van der Waals surface area contributed by atoms with Gasteiger partial charge in [0, 0.05) is 10.2 Å². The maximum atomic E-state index is 12.1. The van der Waals surface area contributed by atoms with Gasteiger partial charge in [0.05, 0.1) is 6.04 Å². The summed E-state index contributed by atoms with van der Waals surface area (Å²) in [5.41, 5.74) is -0.420. The molecule has 2 N–H and O–H groups in total. The second-order valence-corrected chi connectivity index (χ2v) is 6.92. The third-order valence-corrected chi connectivity index (χ3v) is 5.14. The topological polar surface area (TPSA) is 75.1 Å². The summed E-state index contributed by atoms with van der Waals surface area (Å²) < 4.78 is 2.10. The standard InChI is InChI=1S/C14H13BrN2O3S/c15-9-3-1-2-8(6-9)11-12(18)16-14(20)17(13(11)19)10-4-5-21-7-10/h1-3,6,10,19H,4-5,7H2,(H,16,18,20). The van der Waals surface area contributed by atoms with Gasteiger partial charge in [-0.15, -0.1) is 0 Å². The summed E-state index contributed by atoms with van der Waals surface area (Å²) in [4.78, 5) is 26.4. The number of nitrogens with one attached hydrogen (secondary N) is 1. The number of H-pyrrole nitrogens is 1. The lowest BCUT2D eigenvalue weighted by molar-refractivity contribution is 0.376. The molecule has 0 saturated carbocycles. The van der Waals surface area contributed by atoms with Crippen LogP contribution in [-0.2, 0) is 0 Å². The second-order valence-electron chi connectivity index (χ2n) is 4.86. The van der Waals surface area contributed by atoms with Gasteiger partial charge in [-0.05, 0) is 29.9 Å². The molecule has 1 atom stereocenters. The third kappa shape index (κ3) is 2.67. The zero-order valence-corrected chi connectivity index (χ0v) is 13.4. The van der Waals surface area contributed by atoms with Crippen molar-refractivity contribution < 1.29 is 5.11 Å². The molecule has 1 aromatic heterocycles. The average molecular weight is 369 g/mol. The number of rotatable bonds is 2. The van der Waals surface area contributed by atoms with E-state index in [9.17, 15) is 14.7 Å². The van der Waals surface area contributed by atoms with Crippen molar-refractivity contribution >= 4 is 27.7 Å². The monoisotopic (exact) mass is 368 g/mol. The minimum atomic E-state index is -0.572. The van der Waals surface area contributed by atoms with E-state index in [-0.39, 0.29) is 17.5 Å². The molecule has 1 saturated heterocycles. The minimum Gasteiger partial charge on any atom is -0.494 e. The lowest BCUT2D eigenvalue weighted by Crippen LogP contribution is -2.33. The molecule has 0 amide bonds.